The summed E-state index contributed by atoms with van der Waals surface area (Å²) in [5, 5.41) is 11.9. The summed E-state index contributed by atoms with van der Waals surface area (Å²) in [7, 11) is 0. The molecule has 5 heteroatoms. The summed E-state index contributed by atoms with van der Waals surface area (Å²) in [5.41, 5.74) is 3.76. The molecule has 0 radical (unpaired) electrons. The molecule has 0 atom stereocenters. The van der Waals surface area contributed by atoms with Crippen molar-refractivity contribution in [2.24, 2.45) is 0 Å². The quantitative estimate of drug-likeness (QED) is 0.542. The van der Waals surface area contributed by atoms with Gasteiger partial charge in [0.25, 0.3) is 0 Å². The Balaban J connectivity index is 1.51. The zero-order chi connectivity index (χ0) is 14.9. The standard InChI is InChI=1S/C17H14N4O/c22-17(8-11-1-2-12-5-6-18-16(12)7-11)20-14-3-4-15-13(9-14)10-19-21-15/h1-7,9-10,18H,8H2,(H,19,21)(H,20,22). The first-order valence-corrected chi connectivity index (χ1v) is 7.07. The van der Waals surface area contributed by atoms with Gasteiger partial charge in [0.2, 0.25) is 5.91 Å². The van der Waals surface area contributed by atoms with Crippen molar-refractivity contribution in [3.63, 3.8) is 0 Å². The predicted octanol–water partition coefficient (Wildman–Crippen LogP) is 3.23. The van der Waals surface area contributed by atoms with Crippen LogP contribution in [-0.4, -0.2) is 21.1 Å². The van der Waals surface area contributed by atoms with Crippen LogP contribution in [0.15, 0.2) is 54.9 Å². The van der Waals surface area contributed by atoms with E-state index in [0.717, 1.165) is 33.1 Å². The Morgan fingerprint density at radius 2 is 2.00 bits per heavy atom. The minimum atomic E-state index is -0.0336. The van der Waals surface area contributed by atoms with Crippen molar-refractivity contribution in [2.75, 3.05) is 5.32 Å². The number of aromatic amines is 2. The van der Waals surface area contributed by atoms with Gasteiger partial charge in [0.1, 0.15) is 0 Å². The fourth-order valence-corrected chi connectivity index (χ4v) is 2.62. The topological polar surface area (TPSA) is 73.6 Å². The molecule has 1 amide bonds. The third kappa shape index (κ3) is 2.33. The van der Waals surface area contributed by atoms with E-state index in [0.29, 0.717) is 6.42 Å². The number of nitrogens with zero attached hydrogens (tertiary/aromatic N) is 1. The molecule has 0 fully saturated rings. The van der Waals surface area contributed by atoms with Gasteiger partial charge in [-0.2, -0.15) is 5.10 Å². The second-order valence-corrected chi connectivity index (χ2v) is 5.30. The zero-order valence-electron chi connectivity index (χ0n) is 11.8. The van der Waals surface area contributed by atoms with E-state index in [4.69, 9.17) is 0 Å². The van der Waals surface area contributed by atoms with Gasteiger partial charge >= 0.3 is 0 Å². The molecule has 4 aromatic rings. The van der Waals surface area contributed by atoms with Gasteiger partial charge in [0, 0.05) is 22.8 Å². The second kappa shape index (κ2) is 5.04. The lowest BCUT2D eigenvalue weighted by Gasteiger charge is -2.06. The number of amides is 1. The minimum absolute atomic E-state index is 0.0336. The van der Waals surface area contributed by atoms with Crippen LogP contribution in [0.1, 0.15) is 5.56 Å². The van der Waals surface area contributed by atoms with E-state index in [9.17, 15) is 4.79 Å². The van der Waals surface area contributed by atoms with Gasteiger partial charge in [-0.05, 0) is 41.3 Å². The van der Waals surface area contributed by atoms with Crippen molar-refractivity contribution in [1.82, 2.24) is 15.2 Å². The SMILES string of the molecule is O=C(Cc1ccc2cc[nH]c2c1)Nc1ccc2[nH]ncc2c1. The summed E-state index contributed by atoms with van der Waals surface area (Å²) in [5.74, 6) is -0.0336. The Morgan fingerprint density at radius 3 is 2.95 bits per heavy atom. The molecule has 0 spiro atoms. The third-order valence-corrected chi connectivity index (χ3v) is 3.71. The van der Waals surface area contributed by atoms with Crippen LogP contribution in [0.2, 0.25) is 0 Å². The number of hydrogen-bond acceptors (Lipinski definition) is 2. The summed E-state index contributed by atoms with van der Waals surface area (Å²) >= 11 is 0. The molecule has 0 unspecified atom stereocenters. The van der Waals surface area contributed by atoms with E-state index in [1.54, 1.807) is 6.20 Å². The van der Waals surface area contributed by atoms with E-state index in [-0.39, 0.29) is 5.91 Å². The highest BCUT2D eigenvalue weighted by Gasteiger charge is 2.06. The van der Waals surface area contributed by atoms with E-state index in [1.807, 2.05) is 48.7 Å². The number of anilines is 1. The van der Waals surface area contributed by atoms with Crippen LogP contribution in [0, 0.1) is 0 Å². The molecule has 0 saturated carbocycles. The summed E-state index contributed by atoms with van der Waals surface area (Å²) < 4.78 is 0. The fourth-order valence-electron chi connectivity index (χ4n) is 2.62. The summed E-state index contributed by atoms with van der Waals surface area (Å²) in [4.78, 5) is 15.3. The lowest BCUT2D eigenvalue weighted by atomic mass is 10.1. The Labute approximate surface area is 126 Å². The molecule has 0 aliphatic carbocycles. The first-order valence-electron chi connectivity index (χ1n) is 7.07. The molecule has 0 bridgehead atoms. The minimum Gasteiger partial charge on any atom is -0.361 e. The smallest absolute Gasteiger partial charge is 0.228 e. The first kappa shape index (κ1) is 12.6. The van der Waals surface area contributed by atoms with Crippen LogP contribution < -0.4 is 5.32 Å². The number of rotatable bonds is 3. The third-order valence-electron chi connectivity index (χ3n) is 3.71. The maximum atomic E-state index is 12.2. The number of hydrogen-bond donors (Lipinski definition) is 3. The van der Waals surface area contributed by atoms with Crippen molar-refractivity contribution in [3.05, 3.63) is 60.4 Å². The van der Waals surface area contributed by atoms with Gasteiger partial charge in [-0.15, -0.1) is 0 Å². The van der Waals surface area contributed by atoms with Gasteiger partial charge in [0.15, 0.2) is 0 Å². The van der Waals surface area contributed by atoms with E-state index < -0.39 is 0 Å². The molecule has 108 valence electrons. The molecule has 2 heterocycles. The highest BCUT2D eigenvalue weighted by atomic mass is 16.1. The maximum Gasteiger partial charge on any atom is 0.228 e. The zero-order valence-corrected chi connectivity index (χ0v) is 11.8. The van der Waals surface area contributed by atoms with Crippen molar-refractivity contribution in [2.45, 2.75) is 6.42 Å². The normalized spacial score (nSPS) is 11.1. The monoisotopic (exact) mass is 290 g/mol. The lowest BCUT2D eigenvalue weighted by molar-refractivity contribution is -0.115. The number of H-pyrrole nitrogens is 2. The van der Waals surface area contributed by atoms with Gasteiger partial charge < -0.3 is 10.3 Å². The summed E-state index contributed by atoms with van der Waals surface area (Å²) in [6.45, 7) is 0. The second-order valence-electron chi connectivity index (χ2n) is 5.30. The maximum absolute atomic E-state index is 12.2. The van der Waals surface area contributed by atoms with Crippen LogP contribution in [0.3, 0.4) is 0 Å². The largest absolute Gasteiger partial charge is 0.361 e. The van der Waals surface area contributed by atoms with Crippen molar-refractivity contribution in [1.29, 1.82) is 0 Å². The predicted molar refractivity (Wildman–Crippen MR) is 86.7 cm³/mol. The van der Waals surface area contributed by atoms with Gasteiger partial charge in [-0.25, -0.2) is 0 Å². The molecule has 4 rings (SSSR count). The highest BCUT2D eigenvalue weighted by Crippen LogP contribution is 2.18. The Kier molecular flexibility index (Phi) is 2.89. The van der Waals surface area contributed by atoms with Crippen molar-refractivity contribution >= 4 is 33.4 Å². The van der Waals surface area contributed by atoms with Crippen LogP contribution in [0.4, 0.5) is 5.69 Å². The summed E-state index contributed by atoms with van der Waals surface area (Å²) in [6.07, 6.45) is 3.98. The highest BCUT2D eigenvalue weighted by molar-refractivity contribution is 5.95. The number of benzene rings is 2. The van der Waals surface area contributed by atoms with Crippen LogP contribution in [0.25, 0.3) is 21.8 Å². The number of nitrogens with one attached hydrogen (secondary N) is 3. The number of fused-ring (bicyclic) bond motifs is 2. The number of carbonyl (C=O) groups excluding carboxylic acids is 1. The number of carbonyl (C=O) groups is 1. The Morgan fingerprint density at radius 1 is 1.05 bits per heavy atom. The van der Waals surface area contributed by atoms with Gasteiger partial charge in [-0.3, -0.25) is 9.89 Å². The first-order chi connectivity index (χ1) is 10.8. The molecule has 0 saturated heterocycles. The van der Waals surface area contributed by atoms with Crippen LogP contribution >= 0.6 is 0 Å². The number of aromatic nitrogens is 3. The molecule has 5 nitrogen and oxygen atoms in total. The van der Waals surface area contributed by atoms with Gasteiger partial charge in [-0.1, -0.05) is 12.1 Å². The molecule has 22 heavy (non-hydrogen) atoms. The van der Waals surface area contributed by atoms with E-state index in [2.05, 4.69) is 20.5 Å². The van der Waals surface area contributed by atoms with Gasteiger partial charge in [0.05, 0.1) is 18.1 Å². The molecule has 0 aliphatic heterocycles. The molecule has 2 aromatic heterocycles. The summed E-state index contributed by atoms with van der Waals surface area (Å²) in [6, 6.07) is 13.7. The van der Waals surface area contributed by atoms with Crippen molar-refractivity contribution in [3.8, 4) is 0 Å². The molecule has 2 aromatic carbocycles. The average Bonchev–Trinajstić information content (AvgIpc) is 3.14. The molecule has 0 aliphatic rings. The average molecular weight is 290 g/mol. The lowest BCUT2D eigenvalue weighted by Crippen LogP contribution is -2.14. The molecule has 3 N–H and O–H groups in total. The fraction of sp³-hybridized carbons (Fsp3) is 0.0588. The van der Waals surface area contributed by atoms with Crippen molar-refractivity contribution < 1.29 is 4.79 Å². The van der Waals surface area contributed by atoms with E-state index >= 15 is 0 Å². The Bertz CT molecular complexity index is 889. The van der Waals surface area contributed by atoms with Crippen LogP contribution in [-0.2, 0) is 11.2 Å². The van der Waals surface area contributed by atoms with E-state index in [1.165, 1.54) is 0 Å². The molecular weight excluding hydrogens is 276 g/mol. The Hall–Kier alpha value is -3.08. The van der Waals surface area contributed by atoms with Crippen LogP contribution in [0.5, 0.6) is 0 Å². The molecular formula is C17H14N4O.